The number of phenols is 1. The maximum atomic E-state index is 13.3. The number of piperidine rings is 1. The van der Waals surface area contributed by atoms with Crippen molar-refractivity contribution in [2.24, 2.45) is 11.3 Å². The van der Waals surface area contributed by atoms with Crippen LogP contribution in [0, 0.1) is 11.3 Å². The van der Waals surface area contributed by atoms with E-state index < -0.39 is 5.41 Å². The molecule has 0 atom stereocenters. The van der Waals surface area contributed by atoms with Gasteiger partial charge in [-0.3, -0.25) is 9.59 Å². The Hall–Kier alpha value is -3.22. The number of methoxy groups -OCH3 is 1. The Labute approximate surface area is 218 Å². The molecule has 0 unspecified atom stereocenters. The molecule has 2 aromatic rings. The molecule has 0 radical (unpaired) electrons. The summed E-state index contributed by atoms with van der Waals surface area (Å²) in [4.78, 5) is 28.3. The van der Waals surface area contributed by atoms with Gasteiger partial charge in [0.05, 0.1) is 19.1 Å². The predicted octanol–water partition coefficient (Wildman–Crippen LogP) is 4.42. The van der Waals surface area contributed by atoms with E-state index >= 15 is 0 Å². The minimum absolute atomic E-state index is 0.0440. The minimum atomic E-state index is -0.425. The minimum Gasteiger partial charge on any atom is -0.508 e. The number of rotatable bonds is 8. The SMILES string of the molecule is COc1ccc(C(=O)N2CCC3(CC2)CC(NC(=O)C2(c4ccc(O)cc4)CC2)C3)cc1OCC1CC1. The number of likely N-dealkylation sites (tertiary alicyclic amines) is 1. The van der Waals surface area contributed by atoms with E-state index in [-0.39, 0.29) is 29.0 Å². The molecule has 2 aromatic carbocycles. The van der Waals surface area contributed by atoms with Crippen molar-refractivity contribution in [3.8, 4) is 17.2 Å². The van der Waals surface area contributed by atoms with Gasteiger partial charge >= 0.3 is 0 Å². The highest BCUT2D eigenvalue weighted by Crippen LogP contribution is 2.52. The van der Waals surface area contributed by atoms with E-state index in [4.69, 9.17) is 9.47 Å². The molecule has 7 heteroatoms. The third-order valence-electron chi connectivity index (χ3n) is 8.99. The smallest absolute Gasteiger partial charge is 0.253 e. The van der Waals surface area contributed by atoms with Gasteiger partial charge < -0.3 is 24.8 Å². The quantitative estimate of drug-likeness (QED) is 0.556. The van der Waals surface area contributed by atoms with Crippen molar-refractivity contribution in [3.05, 3.63) is 53.6 Å². The summed E-state index contributed by atoms with van der Waals surface area (Å²) < 4.78 is 11.4. The third-order valence-corrected chi connectivity index (χ3v) is 8.99. The lowest BCUT2D eigenvalue weighted by atomic mass is 9.60. The van der Waals surface area contributed by atoms with Crippen LogP contribution in [0.5, 0.6) is 17.2 Å². The standard InChI is InChI=1S/C30H36N2O5/c1-36-25-9-4-21(16-26(25)37-19-20-2-3-20)27(34)32-14-12-29(13-15-32)17-23(18-29)31-28(35)30(10-11-30)22-5-7-24(33)8-6-22/h4-9,16,20,23,33H,2-3,10-15,17-19H2,1H3,(H,31,35). The highest BCUT2D eigenvalue weighted by molar-refractivity contribution is 5.95. The van der Waals surface area contributed by atoms with E-state index in [2.05, 4.69) is 5.32 Å². The second-order valence-corrected chi connectivity index (χ2v) is 11.6. The number of hydrogen-bond acceptors (Lipinski definition) is 5. The Morgan fingerprint density at radius 1 is 1.00 bits per heavy atom. The fourth-order valence-corrected chi connectivity index (χ4v) is 6.15. The van der Waals surface area contributed by atoms with E-state index in [1.807, 2.05) is 35.2 Å². The van der Waals surface area contributed by atoms with Crippen LogP contribution >= 0.6 is 0 Å². The van der Waals surface area contributed by atoms with Crippen molar-refractivity contribution in [1.82, 2.24) is 10.2 Å². The summed E-state index contributed by atoms with van der Waals surface area (Å²) in [5, 5.41) is 12.9. The molecule has 4 fully saturated rings. The zero-order valence-corrected chi connectivity index (χ0v) is 21.5. The molecule has 6 rings (SSSR count). The van der Waals surface area contributed by atoms with Crippen LogP contribution in [0.3, 0.4) is 0 Å². The van der Waals surface area contributed by atoms with Crippen LogP contribution in [0.2, 0.25) is 0 Å². The van der Waals surface area contributed by atoms with Crippen molar-refractivity contribution in [1.29, 1.82) is 0 Å². The maximum absolute atomic E-state index is 13.3. The topological polar surface area (TPSA) is 88.1 Å². The Bertz CT molecular complexity index is 1170. The average molecular weight is 505 g/mol. The number of hydrogen-bond donors (Lipinski definition) is 2. The van der Waals surface area contributed by atoms with Gasteiger partial charge in [-0.15, -0.1) is 0 Å². The monoisotopic (exact) mass is 504 g/mol. The number of ether oxygens (including phenoxy) is 2. The lowest BCUT2D eigenvalue weighted by Crippen LogP contribution is -2.56. The summed E-state index contributed by atoms with van der Waals surface area (Å²) in [6.07, 6.45) is 8.03. The van der Waals surface area contributed by atoms with Gasteiger partial charge in [-0.25, -0.2) is 0 Å². The third kappa shape index (κ3) is 4.76. The summed E-state index contributed by atoms with van der Waals surface area (Å²) >= 11 is 0. The van der Waals surface area contributed by atoms with E-state index in [0.29, 0.717) is 29.6 Å². The molecule has 3 aliphatic carbocycles. The highest BCUT2D eigenvalue weighted by atomic mass is 16.5. The lowest BCUT2D eigenvalue weighted by molar-refractivity contribution is -0.126. The molecule has 2 N–H and O–H groups in total. The predicted molar refractivity (Wildman–Crippen MR) is 139 cm³/mol. The van der Waals surface area contributed by atoms with Crippen LogP contribution < -0.4 is 14.8 Å². The lowest BCUT2D eigenvalue weighted by Gasteiger charge is -2.52. The summed E-state index contributed by atoms with van der Waals surface area (Å²) in [7, 11) is 1.62. The number of nitrogens with zero attached hydrogens (tertiary/aromatic N) is 1. The molecule has 37 heavy (non-hydrogen) atoms. The van der Waals surface area contributed by atoms with Gasteiger partial charge in [0.25, 0.3) is 5.91 Å². The van der Waals surface area contributed by atoms with E-state index in [9.17, 15) is 14.7 Å². The Kier molecular flexibility index (Phi) is 6.04. The number of phenolic OH excluding ortho intramolecular Hbond substituents is 1. The van der Waals surface area contributed by atoms with Crippen molar-refractivity contribution in [2.45, 2.75) is 62.8 Å². The Balaban J connectivity index is 1.01. The molecule has 7 nitrogen and oxygen atoms in total. The van der Waals surface area contributed by atoms with Crippen LogP contribution in [0.4, 0.5) is 0 Å². The van der Waals surface area contributed by atoms with Crippen LogP contribution in [0.1, 0.15) is 67.3 Å². The normalized spacial score (nSPS) is 21.7. The Morgan fingerprint density at radius 2 is 1.70 bits per heavy atom. The highest BCUT2D eigenvalue weighted by Gasteiger charge is 2.54. The average Bonchev–Trinajstić information content (AvgIpc) is 3.82. The number of carbonyl (C=O) groups is 2. The number of amides is 2. The van der Waals surface area contributed by atoms with Gasteiger partial charge in [0, 0.05) is 24.7 Å². The number of aromatic hydroxyl groups is 1. The van der Waals surface area contributed by atoms with Gasteiger partial charge in [-0.2, -0.15) is 0 Å². The number of carbonyl (C=O) groups excluding carboxylic acids is 2. The summed E-state index contributed by atoms with van der Waals surface area (Å²) in [6.45, 7) is 2.15. The summed E-state index contributed by atoms with van der Waals surface area (Å²) in [6, 6.07) is 12.7. The first-order valence-corrected chi connectivity index (χ1v) is 13.6. The molecule has 4 aliphatic rings. The van der Waals surface area contributed by atoms with Gasteiger partial charge in [0.1, 0.15) is 5.75 Å². The van der Waals surface area contributed by atoms with Crippen molar-refractivity contribution < 1.29 is 24.2 Å². The van der Waals surface area contributed by atoms with E-state index in [1.54, 1.807) is 19.2 Å². The second-order valence-electron chi connectivity index (χ2n) is 11.6. The van der Waals surface area contributed by atoms with Crippen molar-refractivity contribution in [3.63, 3.8) is 0 Å². The molecule has 1 saturated heterocycles. The molecule has 1 spiro atoms. The van der Waals surface area contributed by atoms with Crippen LogP contribution in [-0.2, 0) is 10.2 Å². The molecule has 2 amide bonds. The molecule has 0 aromatic heterocycles. The molecular weight excluding hydrogens is 468 g/mol. The maximum Gasteiger partial charge on any atom is 0.253 e. The van der Waals surface area contributed by atoms with Crippen molar-refractivity contribution >= 4 is 11.8 Å². The van der Waals surface area contributed by atoms with Crippen LogP contribution in [0.15, 0.2) is 42.5 Å². The van der Waals surface area contributed by atoms with Crippen molar-refractivity contribution in [2.75, 3.05) is 26.8 Å². The second kappa shape index (κ2) is 9.26. The largest absolute Gasteiger partial charge is 0.508 e. The van der Waals surface area contributed by atoms with Crippen LogP contribution in [0.25, 0.3) is 0 Å². The molecule has 0 bridgehead atoms. The fourth-order valence-electron chi connectivity index (χ4n) is 6.15. The first kappa shape index (κ1) is 24.1. The summed E-state index contributed by atoms with van der Waals surface area (Å²) in [5.41, 5.74) is 1.43. The zero-order valence-electron chi connectivity index (χ0n) is 21.5. The van der Waals surface area contributed by atoms with E-state index in [0.717, 1.165) is 57.2 Å². The fraction of sp³-hybridized carbons (Fsp3) is 0.533. The molecule has 1 aliphatic heterocycles. The first-order chi connectivity index (χ1) is 17.9. The molecular formula is C30H36N2O5. The number of nitrogens with one attached hydrogen (secondary N) is 1. The van der Waals surface area contributed by atoms with Gasteiger partial charge in [-0.05, 0) is 98.6 Å². The van der Waals surface area contributed by atoms with Gasteiger partial charge in [0.2, 0.25) is 5.91 Å². The zero-order chi connectivity index (χ0) is 25.6. The molecule has 1 heterocycles. The Morgan fingerprint density at radius 3 is 2.32 bits per heavy atom. The van der Waals surface area contributed by atoms with Gasteiger partial charge in [-0.1, -0.05) is 12.1 Å². The summed E-state index contributed by atoms with van der Waals surface area (Å²) in [5.74, 6) is 2.32. The molecule has 3 saturated carbocycles. The van der Waals surface area contributed by atoms with E-state index in [1.165, 1.54) is 12.8 Å². The van der Waals surface area contributed by atoms with Gasteiger partial charge in [0.15, 0.2) is 11.5 Å². The number of benzene rings is 2. The van der Waals surface area contributed by atoms with Crippen LogP contribution in [-0.4, -0.2) is 54.7 Å². The first-order valence-electron chi connectivity index (χ1n) is 13.6. The molecule has 196 valence electrons.